The van der Waals surface area contributed by atoms with Crippen molar-refractivity contribution in [2.75, 3.05) is 4.90 Å². The molecule has 0 radical (unpaired) electrons. The Balaban J connectivity index is 2.81. The van der Waals surface area contributed by atoms with Gasteiger partial charge < -0.3 is 10.6 Å². The molecule has 1 unspecified atom stereocenters. The van der Waals surface area contributed by atoms with E-state index in [1.165, 1.54) is 28.2 Å². The molecule has 1 atom stereocenters. The number of nitrogens with two attached hydrogens (primary N) is 1. The number of allylic oxidation sites excluding steroid dienone is 4. The molecule has 0 bridgehead atoms. The zero-order valence-corrected chi connectivity index (χ0v) is 16.8. The van der Waals surface area contributed by atoms with Gasteiger partial charge in [-0.3, -0.25) is 0 Å². The Morgan fingerprint density at radius 3 is 2.04 bits per heavy atom. The summed E-state index contributed by atoms with van der Waals surface area (Å²) >= 11 is 0. The van der Waals surface area contributed by atoms with Crippen molar-refractivity contribution in [1.82, 2.24) is 0 Å². The van der Waals surface area contributed by atoms with Gasteiger partial charge in [0.05, 0.1) is 0 Å². The Labute approximate surface area is 154 Å². The average molecular weight is 339 g/mol. The number of rotatable bonds is 6. The molecule has 0 fully saturated rings. The van der Waals surface area contributed by atoms with E-state index in [0.29, 0.717) is 11.8 Å². The van der Waals surface area contributed by atoms with Gasteiger partial charge in [-0.1, -0.05) is 65.8 Å². The summed E-state index contributed by atoms with van der Waals surface area (Å²) in [5, 5.41) is 0. The summed E-state index contributed by atoms with van der Waals surface area (Å²) in [5.74, 6) is 0.994. The van der Waals surface area contributed by atoms with Crippen molar-refractivity contribution in [3.8, 4) is 0 Å². The van der Waals surface area contributed by atoms with Crippen molar-refractivity contribution in [3.05, 3.63) is 64.6 Å². The van der Waals surface area contributed by atoms with Crippen LogP contribution in [0.25, 0.3) is 0 Å². The van der Waals surface area contributed by atoms with Crippen LogP contribution in [0.15, 0.2) is 64.6 Å². The third-order valence-corrected chi connectivity index (χ3v) is 5.30. The van der Waals surface area contributed by atoms with Crippen LogP contribution in [0, 0.1) is 11.8 Å². The van der Waals surface area contributed by atoms with Crippen LogP contribution in [-0.2, 0) is 0 Å². The Hall–Kier alpha value is -1.96. The minimum Gasteiger partial charge on any atom is -0.398 e. The maximum Gasteiger partial charge on any atom is 0.0471 e. The largest absolute Gasteiger partial charge is 0.398 e. The van der Waals surface area contributed by atoms with Crippen LogP contribution in [0.4, 0.5) is 5.69 Å². The van der Waals surface area contributed by atoms with Crippen LogP contribution in [-0.4, -0.2) is 0 Å². The second-order valence-electron chi connectivity index (χ2n) is 7.16. The molecule has 136 valence electrons. The summed E-state index contributed by atoms with van der Waals surface area (Å²) in [6.45, 7) is 13.6. The summed E-state index contributed by atoms with van der Waals surface area (Å²) in [5.41, 5.74) is 14.2. The quantitative estimate of drug-likeness (QED) is 0.652. The van der Waals surface area contributed by atoms with E-state index < -0.39 is 0 Å². The Morgan fingerprint density at radius 2 is 1.56 bits per heavy atom. The van der Waals surface area contributed by atoms with Gasteiger partial charge in [0.1, 0.15) is 0 Å². The summed E-state index contributed by atoms with van der Waals surface area (Å²) < 4.78 is 0. The fourth-order valence-corrected chi connectivity index (χ4v) is 3.66. The minimum absolute atomic E-state index is 0.437. The number of hydrogen-bond donors (Lipinski definition) is 1. The lowest BCUT2D eigenvalue weighted by atomic mass is 9.83. The van der Waals surface area contributed by atoms with Crippen LogP contribution in [0.1, 0.15) is 60.8 Å². The van der Waals surface area contributed by atoms with Gasteiger partial charge in [0.2, 0.25) is 0 Å². The summed E-state index contributed by atoms with van der Waals surface area (Å²) in [7, 11) is 0. The second kappa shape index (κ2) is 8.42. The predicted octanol–water partition coefficient (Wildman–Crippen LogP) is 6.38. The van der Waals surface area contributed by atoms with Gasteiger partial charge in [0.15, 0.2) is 0 Å². The lowest BCUT2D eigenvalue weighted by Crippen LogP contribution is -2.35. The lowest BCUT2D eigenvalue weighted by molar-refractivity contribution is 0.466. The van der Waals surface area contributed by atoms with Crippen LogP contribution < -0.4 is 10.6 Å². The van der Waals surface area contributed by atoms with Crippen molar-refractivity contribution in [2.24, 2.45) is 17.6 Å². The summed E-state index contributed by atoms with van der Waals surface area (Å²) in [6.07, 6.45) is 5.25. The molecule has 2 rings (SSSR count). The van der Waals surface area contributed by atoms with E-state index in [-0.39, 0.29) is 0 Å². The zero-order valence-electron chi connectivity index (χ0n) is 16.8. The Kier molecular flexibility index (Phi) is 6.52. The molecule has 2 N–H and O–H groups in total. The molecular formula is C23H34N2. The number of hydrogen-bond acceptors (Lipinski definition) is 2. The zero-order chi connectivity index (χ0) is 18.6. The van der Waals surface area contributed by atoms with Crippen molar-refractivity contribution in [1.29, 1.82) is 0 Å². The first-order valence-corrected chi connectivity index (χ1v) is 9.75. The molecule has 2 heteroatoms. The van der Waals surface area contributed by atoms with Gasteiger partial charge in [-0.2, -0.15) is 0 Å². The molecule has 0 spiro atoms. The topological polar surface area (TPSA) is 29.3 Å². The highest BCUT2D eigenvalue weighted by molar-refractivity contribution is 5.69. The third-order valence-electron chi connectivity index (χ3n) is 5.30. The molecule has 0 saturated heterocycles. The van der Waals surface area contributed by atoms with E-state index in [1.807, 2.05) is 0 Å². The molecule has 0 aromatic heterocycles. The van der Waals surface area contributed by atoms with Crippen molar-refractivity contribution >= 4 is 5.69 Å². The van der Waals surface area contributed by atoms with Crippen LogP contribution in [0.5, 0.6) is 0 Å². The molecule has 0 saturated carbocycles. The number of anilines is 1. The average Bonchev–Trinajstić information content (AvgIpc) is 2.61. The standard InChI is InChI=1S/C23H34N2/c1-7-13-21-19(8-2)22(24)20(9-3)23(17(6)16(4)5)25(21)18-14-11-10-12-15-18/h10-17H,7-9,24H2,1-6H3/b21-13+. The van der Waals surface area contributed by atoms with Crippen molar-refractivity contribution < 1.29 is 0 Å². The van der Waals surface area contributed by atoms with Gasteiger partial charge in [0.25, 0.3) is 0 Å². The number of benzene rings is 1. The maximum absolute atomic E-state index is 6.69. The molecule has 1 aromatic rings. The number of nitrogens with zero attached hydrogens (tertiary/aromatic N) is 1. The first kappa shape index (κ1) is 19.4. The van der Waals surface area contributed by atoms with E-state index in [0.717, 1.165) is 25.0 Å². The molecule has 25 heavy (non-hydrogen) atoms. The van der Waals surface area contributed by atoms with Crippen molar-refractivity contribution in [2.45, 2.75) is 60.8 Å². The second-order valence-corrected chi connectivity index (χ2v) is 7.16. The normalized spacial score (nSPS) is 18.5. The third kappa shape index (κ3) is 3.68. The molecule has 0 amide bonds. The fraction of sp³-hybridized carbons (Fsp3) is 0.478. The van der Waals surface area contributed by atoms with Crippen LogP contribution >= 0.6 is 0 Å². The van der Waals surface area contributed by atoms with Crippen LogP contribution in [0.2, 0.25) is 0 Å². The first-order chi connectivity index (χ1) is 12.0. The fourth-order valence-electron chi connectivity index (χ4n) is 3.66. The molecule has 1 aliphatic heterocycles. The van der Waals surface area contributed by atoms with Gasteiger partial charge in [-0.15, -0.1) is 0 Å². The molecular weight excluding hydrogens is 304 g/mol. The summed E-state index contributed by atoms with van der Waals surface area (Å²) in [4.78, 5) is 2.47. The molecule has 2 nitrogen and oxygen atoms in total. The highest BCUT2D eigenvalue weighted by Crippen LogP contribution is 2.43. The van der Waals surface area contributed by atoms with Crippen molar-refractivity contribution in [3.63, 3.8) is 0 Å². The first-order valence-electron chi connectivity index (χ1n) is 9.75. The predicted molar refractivity (Wildman–Crippen MR) is 110 cm³/mol. The Bertz CT molecular complexity index is 677. The molecule has 1 aromatic carbocycles. The SMILES string of the molecule is CC/C=C1\C(CC)=C(N)C(CC)=C(C(C)C(C)C)N1c1ccccc1. The van der Waals surface area contributed by atoms with Gasteiger partial charge in [-0.25, -0.2) is 0 Å². The summed E-state index contributed by atoms with van der Waals surface area (Å²) in [6, 6.07) is 10.7. The van der Waals surface area contributed by atoms with E-state index in [1.54, 1.807) is 0 Å². The Morgan fingerprint density at radius 1 is 0.960 bits per heavy atom. The lowest BCUT2D eigenvalue weighted by Gasteiger charge is -2.41. The van der Waals surface area contributed by atoms with Gasteiger partial charge in [-0.05, 0) is 54.4 Å². The highest BCUT2D eigenvalue weighted by Gasteiger charge is 2.32. The highest BCUT2D eigenvalue weighted by atomic mass is 15.2. The van der Waals surface area contributed by atoms with E-state index >= 15 is 0 Å². The van der Waals surface area contributed by atoms with E-state index in [4.69, 9.17) is 5.73 Å². The number of para-hydroxylation sites is 1. The maximum atomic E-state index is 6.69. The molecule has 0 aliphatic carbocycles. The van der Waals surface area contributed by atoms with E-state index in [2.05, 4.69) is 82.9 Å². The monoisotopic (exact) mass is 338 g/mol. The smallest absolute Gasteiger partial charge is 0.0471 e. The molecule has 1 aliphatic rings. The van der Waals surface area contributed by atoms with Gasteiger partial charge in [0, 0.05) is 22.8 Å². The molecule has 1 heterocycles. The van der Waals surface area contributed by atoms with E-state index in [9.17, 15) is 0 Å². The van der Waals surface area contributed by atoms with Crippen LogP contribution in [0.3, 0.4) is 0 Å². The van der Waals surface area contributed by atoms with Gasteiger partial charge >= 0.3 is 0 Å². The minimum atomic E-state index is 0.437.